The summed E-state index contributed by atoms with van der Waals surface area (Å²) in [6.07, 6.45) is 2.60. The second-order valence-electron chi connectivity index (χ2n) is 5.36. The molecule has 0 bridgehead atoms. The van der Waals surface area contributed by atoms with E-state index in [9.17, 15) is 4.79 Å². The number of nitrogens with zero attached hydrogens (tertiary/aromatic N) is 2. The molecule has 1 saturated carbocycles. The van der Waals surface area contributed by atoms with Crippen LogP contribution in [0.5, 0.6) is 0 Å². The molecule has 0 saturated heterocycles. The monoisotopic (exact) mass is 302 g/mol. The molecule has 0 N–H and O–H groups in total. The predicted molar refractivity (Wildman–Crippen MR) is 78.3 cm³/mol. The fourth-order valence-corrected chi connectivity index (χ4v) is 2.69. The molecule has 22 heavy (non-hydrogen) atoms. The molecule has 0 spiro atoms. The van der Waals surface area contributed by atoms with Crippen molar-refractivity contribution in [1.82, 2.24) is 10.2 Å². The topological polar surface area (TPSA) is 74.5 Å². The molecule has 1 heterocycles. The molecule has 0 unspecified atom stereocenters. The summed E-state index contributed by atoms with van der Waals surface area (Å²) in [5.41, 5.74) is 1.17. The minimum absolute atomic E-state index is 0.00859. The van der Waals surface area contributed by atoms with Crippen molar-refractivity contribution in [3.8, 4) is 11.5 Å². The van der Waals surface area contributed by atoms with Crippen molar-refractivity contribution < 1.29 is 18.7 Å². The fraction of sp³-hybridized carbons (Fsp3) is 0.438. The van der Waals surface area contributed by atoms with Gasteiger partial charge in [-0.2, -0.15) is 0 Å². The third-order valence-corrected chi connectivity index (χ3v) is 3.82. The highest BCUT2D eigenvalue weighted by Crippen LogP contribution is 2.26. The second kappa shape index (κ2) is 6.27. The van der Waals surface area contributed by atoms with Gasteiger partial charge in [-0.25, -0.2) is 4.79 Å². The van der Waals surface area contributed by atoms with Crippen LogP contribution < -0.4 is 0 Å². The molecule has 6 heteroatoms. The number of carbonyl (C=O) groups is 1. The van der Waals surface area contributed by atoms with Gasteiger partial charge >= 0.3 is 5.97 Å². The van der Waals surface area contributed by atoms with Gasteiger partial charge in [-0.15, -0.1) is 10.2 Å². The Hall–Kier alpha value is -2.21. The molecule has 1 aliphatic carbocycles. The van der Waals surface area contributed by atoms with Crippen molar-refractivity contribution in [3.05, 3.63) is 35.7 Å². The predicted octanol–water partition coefficient (Wildman–Crippen LogP) is 2.77. The lowest BCUT2D eigenvalue weighted by molar-refractivity contribution is -0.0206. The average molecular weight is 302 g/mol. The van der Waals surface area contributed by atoms with E-state index in [1.54, 1.807) is 32.2 Å². The van der Waals surface area contributed by atoms with Gasteiger partial charge < -0.3 is 13.9 Å². The summed E-state index contributed by atoms with van der Waals surface area (Å²) in [4.78, 5) is 12.3. The van der Waals surface area contributed by atoms with Gasteiger partial charge in [0.25, 0.3) is 0 Å². The maximum absolute atomic E-state index is 12.3. The Labute approximate surface area is 128 Å². The van der Waals surface area contributed by atoms with Crippen molar-refractivity contribution >= 4 is 5.97 Å². The molecule has 2 atom stereocenters. The van der Waals surface area contributed by atoms with Crippen LogP contribution in [-0.2, 0) is 9.47 Å². The lowest BCUT2D eigenvalue weighted by atomic mass is 10.1. The standard InChI is InChI=1S/C16H18N2O4/c1-10-17-18-15(21-10)11-5-3-6-12(9-11)16(19)22-14-8-4-7-13(14)20-2/h3,5-6,9,13-14H,4,7-8H2,1-2H3/t13-,14+/m0/s1. The average Bonchev–Trinajstić information content (AvgIpc) is 3.16. The van der Waals surface area contributed by atoms with E-state index in [2.05, 4.69) is 10.2 Å². The SMILES string of the molecule is CO[C@H]1CCC[C@H]1OC(=O)c1cccc(-c2nnc(C)o2)c1. The number of rotatable bonds is 4. The Bertz CT molecular complexity index is 668. The van der Waals surface area contributed by atoms with Gasteiger partial charge in [0.1, 0.15) is 6.10 Å². The number of aromatic nitrogens is 2. The number of benzene rings is 1. The van der Waals surface area contributed by atoms with Crippen LogP contribution >= 0.6 is 0 Å². The van der Waals surface area contributed by atoms with E-state index >= 15 is 0 Å². The zero-order chi connectivity index (χ0) is 15.5. The van der Waals surface area contributed by atoms with E-state index in [0.29, 0.717) is 22.9 Å². The number of aryl methyl sites for hydroxylation is 1. The minimum Gasteiger partial charge on any atom is -0.456 e. The third kappa shape index (κ3) is 3.01. The van der Waals surface area contributed by atoms with Crippen LogP contribution in [0.3, 0.4) is 0 Å². The molecule has 1 aromatic carbocycles. The van der Waals surface area contributed by atoms with Crippen molar-refractivity contribution in [3.63, 3.8) is 0 Å². The lowest BCUT2D eigenvalue weighted by Gasteiger charge is -2.18. The van der Waals surface area contributed by atoms with Crippen molar-refractivity contribution in [2.45, 2.75) is 38.4 Å². The smallest absolute Gasteiger partial charge is 0.338 e. The number of methoxy groups -OCH3 is 1. The van der Waals surface area contributed by atoms with Crippen LogP contribution in [0.2, 0.25) is 0 Å². The van der Waals surface area contributed by atoms with Crippen LogP contribution in [0.25, 0.3) is 11.5 Å². The minimum atomic E-state index is -0.355. The summed E-state index contributed by atoms with van der Waals surface area (Å²) in [5, 5.41) is 7.75. The maximum atomic E-state index is 12.3. The first kappa shape index (κ1) is 14.7. The summed E-state index contributed by atoms with van der Waals surface area (Å²) in [5.74, 6) is 0.520. The van der Waals surface area contributed by atoms with E-state index < -0.39 is 0 Å². The van der Waals surface area contributed by atoms with Gasteiger partial charge in [0.15, 0.2) is 0 Å². The van der Waals surface area contributed by atoms with E-state index in [-0.39, 0.29) is 18.2 Å². The molecular weight excluding hydrogens is 284 g/mol. The van der Waals surface area contributed by atoms with E-state index in [4.69, 9.17) is 13.9 Å². The molecule has 116 valence electrons. The molecule has 1 aliphatic rings. The summed E-state index contributed by atoms with van der Waals surface area (Å²) >= 11 is 0. The third-order valence-electron chi connectivity index (χ3n) is 3.82. The van der Waals surface area contributed by atoms with Crippen LogP contribution in [0, 0.1) is 6.92 Å². The number of hydrogen-bond acceptors (Lipinski definition) is 6. The molecule has 0 amide bonds. The molecule has 3 rings (SSSR count). The summed E-state index contributed by atoms with van der Waals surface area (Å²) in [6.45, 7) is 1.72. The first-order valence-corrected chi connectivity index (χ1v) is 7.31. The Kier molecular flexibility index (Phi) is 4.20. The summed E-state index contributed by atoms with van der Waals surface area (Å²) in [6, 6.07) is 7.00. The van der Waals surface area contributed by atoms with E-state index in [1.165, 1.54) is 0 Å². The molecule has 1 fully saturated rings. The Morgan fingerprint density at radius 2 is 2.09 bits per heavy atom. The fourth-order valence-electron chi connectivity index (χ4n) is 2.69. The van der Waals surface area contributed by atoms with Gasteiger partial charge in [-0.1, -0.05) is 6.07 Å². The van der Waals surface area contributed by atoms with Gasteiger partial charge in [0.05, 0.1) is 11.7 Å². The first-order valence-electron chi connectivity index (χ1n) is 7.31. The molecule has 1 aromatic heterocycles. The van der Waals surface area contributed by atoms with E-state index in [0.717, 1.165) is 19.3 Å². The lowest BCUT2D eigenvalue weighted by Crippen LogP contribution is -2.27. The number of ether oxygens (including phenoxy) is 2. The van der Waals surface area contributed by atoms with Gasteiger partial charge in [-0.05, 0) is 37.5 Å². The van der Waals surface area contributed by atoms with Crippen LogP contribution in [-0.4, -0.2) is 35.5 Å². The van der Waals surface area contributed by atoms with Crippen molar-refractivity contribution in [2.24, 2.45) is 0 Å². The molecule has 0 aliphatic heterocycles. The zero-order valence-electron chi connectivity index (χ0n) is 12.6. The van der Waals surface area contributed by atoms with Gasteiger partial charge in [0.2, 0.25) is 11.8 Å². The quantitative estimate of drug-likeness (QED) is 0.808. The van der Waals surface area contributed by atoms with Crippen LogP contribution in [0.1, 0.15) is 35.5 Å². The summed E-state index contributed by atoms with van der Waals surface area (Å²) < 4.78 is 16.3. The van der Waals surface area contributed by atoms with Crippen molar-refractivity contribution in [1.29, 1.82) is 0 Å². The van der Waals surface area contributed by atoms with E-state index in [1.807, 2.05) is 6.07 Å². The second-order valence-corrected chi connectivity index (χ2v) is 5.36. The number of esters is 1. The van der Waals surface area contributed by atoms with Crippen molar-refractivity contribution in [2.75, 3.05) is 7.11 Å². The highest BCUT2D eigenvalue weighted by molar-refractivity contribution is 5.90. The highest BCUT2D eigenvalue weighted by Gasteiger charge is 2.30. The van der Waals surface area contributed by atoms with Crippen LogP contribution in [0.15, 0.2) is 28.7 Å². The molecule has 0 radical (unpaired) electrons. The van der Waals surface area contributed by atoms with Crippen LogP contribution in [0.4, 0.5) is 0 Å². The highest BCUT2D eigenvalue weighted by atomic mass is 16.6. The maximum Gasteiger partial charge on any atom is 0.338 e. The number of hydrogen-bond donors (Lipinski definition) is 0. The van der Waals surface area contributed by atoms with Gasteiger partial charge in [0, 0.05) is 19.6 Å². The first-order chi connectivity index (χ1) is 10.7. The normalized spacial score (nSPS) is 21.0. The zero-order valence-corrected chi connectivity index (χ0v) is 12.6. The Balaban J connectivity index is 1.75. The molecular formula is C16H18N2O4. The largest absolute Gasteiger partial charge is 0.456 e. The Morgan fingerprint density at radius 1 is 1.27 bits per heavy atom. The summed E-state index contributed by atoms with van der Waals surface area (Å²) in [7, 11) is 1.65. The number of carbonyl (C=O) groups excluding carboxylic acids is 1. The van der Waals surface area contributed by atoms with Gasteiger partial charge in [-0.3, -0.25) is 0 Å². The molecule has 6 nitrogen and oxygen atoms in total. The molecule has 2 aromatic rings. The Morgan fingerprint density at radius 3 is 2.82 bits per heavy atom.